The van der Waals surface area contributed by atoms with Crippen molar-refractivity contribution >= 4 is 51.7 Å². The van der Waals surface area contributed by atoms with E-state index in [1.807, 2.05) is 32.0 Å². The minimum atomic E-state index is -0.798. The fourth-order valence-electron chi connectivity index (χ4n) is 6.05. The van der Waals surface area contributed by atoms with Crippen LogP contribution in [0, 0.1) is 18.3 Å². The van der Waals surface area contributed by atoms with Gasteiger partial charge in [-0.3, -0.25) is 19.1 Å². The predicted octanol–water partition coefficient (Wildman–Crippen LogP) is 4.08. The second kappa shape index (κ2) is 8.99. The Labute approximate surface area is 236 Å². The fraction of sp³-hybridized carbons (Fsp3) is 0.500. The number of nitrogens with one attached hydrogen (secondary N) is 1. The van der Waals surface area contributed by atoms with Gasteiger partial charge >= 0.3 is 0 Å². The lowest BCUT2D eigenvalue weighted by Crippen LogP contribution is -2.51. The maximum absolute atomic E-state index is 13.7. The number of amides is 2. The summed E-state index contributed by atoms with van der Waals surface area (Å²) in [4.78, 5) is 49.8. The maximum atomic E-state index is 13.7. The predicted molar refractivity (Wildman–Crippen MR) is 147 cm³/mol. The summed E-state index contributed by atoms with van der Waals surface area (Å²) in [5.41, 5.74) is 2.57. The van der Waals surface area contributed by atoms with Gasteiger partial charge in [0.05, 0.1) is 5.52 Å². The third kappa shape index (κ3) is 4.59. The molecule has 3 heterocycles. The van der Waals surface area contributed by atoms with Gasteiger partial charge in [-0.1, -0.05) is 13.0 Å². The number of benzene rings is 1. The Morgan fingerprint density at radius 3 is 2.46 bits per heavy atom. The lowest BCUT2D eigenvalue weighted by molar-refractivity contribution is -0.140. The number of nitrogens with zero attached hydrogens (tertiary/aromatic N) is 5. The summed E-state index contributed by atoms with van der Waals surface area (Å²) in [7, 11) is 0. The second-order valence-electron chi connectivity index (χ2n) is 11.6. The molecule has 204 valence electrons. The quantitative estimate of drug-likeness (QED) is 0.339. The van der Waals surface area contributed by atoms with Gasteiger partial charge < -0.3 is 10.2 Å². The lowest BCUT2D eigenvalue weighted by atomic mass is 10.0. The van der Waals surface area contributed by atoms with E-state index in [0.29, 0.717) is 35.3 Å². The van der Waals surface area contributed by atoms with Gasteiger partial charge in [0, 0.05) is 48.3 Å². The average molecular weight is 569 g/mol. The number of carbonyl (C=O) groups excluding carboxylic acids is 3. The van der Waals surface area contributed by atoms with Crippen molar-refractivity contribution in [1.29, 1.82) is 0 Å². The van der Waals surface area contributed by atoms with E-state index < -0.39 is 10.4 Å². The Morgan fingerprint density at radius 1 is 1.13 bits per heavy atom. The van der Waals surface area contributed by atoms with Gasteiger partial charge in [-0.15, -0.1) is 23.2 Å². The minimum absolute atomic E-state index is 0.00253. The number of Topliss-reactive ketones (excluding diaryl/α,β-unsaturated/α-hetero) is 1. The largest absolute Gasteiger partial charge is 0.351 e. The Bertz CT molecular complexity index is 1520. The number of hydrogen-bond acceptors (Lipinski definition) is 6. The van der Waals surface area contributed by atoms with Crippen molar-refractivity contribution in [2.45, 2.75) is 76.0 Å². The van der Waals surface area contributed by atoms with Gasteiger partial charge in [-0.25, -0.2) is 9.97 Å². The first kappa shape index (κ1) is 26.2. The van der Waals surface area contributed by atoms with Crippen LogP contribution < -0.4 is 5.32 Å². The smallest absolute Gasteiger partial charge is 0.245 e. The van der Waals surface area contributed by atoms with Gasteiger partial charge in [0.2, 0.25) is 11.8 Å². The number of aromatic nitrogens is 4. The van der Waals surface area contributed by atoms with E-state index in [9.17, 15) is 14.4 Å². The van der Waals surface area contributed by atoms with Crippen molar-refractivity contribution in [1.82, 2.24) is 30.0 Å². The molecule has 2 aromatic heterocycles. The van der Waals surface area contributed by atoms with Gasteiger partial charge in [0.15, 0.2) is 5.78 Å². The highest BCUT2D eigenvalue weighted by atomic mass is 35.5. The van der Waals surface area contributed by atoms with Crippen molar-refractivity contribution < 1.29 is 14.4 Å². The van der Waals surface area contributed by atoms with Crippen LogP contribution in [0.1, 0.15) is 56.3 Å². The Kier molecular flexibility index (Phi) is 6.04. The topological polar surface area (TPSA) is 110 Å². The molecule has 1 aliphatic heterocycles. The number of rotatable bonds is 7. The third-order valence-electron chi connectivity index (χ3n) is 8.56. The van der Waals surface area contributed by atoms with Crippen LogP contribution in [0.15, 0.2) is 30.6 Å². The van der Waals surface area contributed by atoms with E-state index in [1.165, 1.54) is 6.92 Å². The number of ketones is 1. The minimum Gasteiger partial charge on any atom is -0.351 e. The molecule has 11 heteroatoms. The molecule has 1 saturated heterocycles. The molecule has 1 N–H and O–H groups in total. The zero-order chi connectivity index (χ0) is 27.9. The van der Waals surface area contributed by atoms with E-state index >= 15 is 0 Å². The molecule has 2 aliphatic carbocycles. The number of piperidine rings is 1. The van der Waals surface area contributed by atoms with Gasteiger partial charge in [0.1, 0.15) is 28.4 Å². The Balaban J connectivity index is 1.26. The highest BCUT2D eigenvalue weighted by Crippen LogP contribution is 2.59. The summed E-state index contributed by atoms with van der Waals surface area (Å²) < 4.78 is 0.771. The van der Waals surface area contributed by atoms with Gasteiger partial charge in [-0.2, -0.15) is 5.10 Å². The molecule has 2 saturated carbocycles. The monoisotopic (exact) mass is 568 g/mol. The van der Waals surface area contributed by atoms with E-state index in [0.717, 1.165) is 17.5 Å². The first-order chi connectivity index (χ1) is 18.4. The number of aryl methyl sites for hydroxylation is 1. The van der Waals surface area contributed by atoms with Crippen LogP contribution in [0.25, 0.3) is 22.0 Å². The normalized spacial score (nSPS) is 27.2. The molecular weight excluding hydrogens is 539 g/mol. The highest BCUT2D eigenvalue weighted by molar-refractivity contribution is 6.51. The molecule has 9 nitrogen and oxygen atoms in total. The molecule has 3 aliphatic rings. The number of likely N-dealkylation sites (tertiary alicyclic amines) is 1. The Hall–Kier alpha value is -3.04. The highest BCUT2D eigenvalue weighted by Gasteiger charge is 2.64. The van der Waals surface area contributed by atoms with Crippen LogP contribution in [0.4, 0.5) is 0 Å². The summed E-state index contributed by atoms with van der Waals surface area (Å²) in [5, 5.41) is 8.23. The molecule has 5 atom stereocenters. The lowest BCUT2D eigenvalue weighted by Gasteiger charge is -2.28. The molecule has 1 aromatic carbocycles. The molecule has 2 amide bonds. The van der Waals surface area contributed by atoms with E-state index in [4.69, 9.17) is 23.2 Å². The van der Waals surface area contributed by atoms with Crippen LogP contribution in [-0.4, -0.2) is 64.7 Å². The average Bonchev–Trinajstić information content (AvgIpc) is 3.63. The molecule has 3 fully saturated rings. The fourth-order valence-corrected chi connectivity index (χ4v) is 6.76. The summed E-state index contributed by atoms with van der Waals surface area (Å²) in [6.07, 6.45) is 5.59. The zero-order valence-corrected chi connectivity index (χ0v) is 23.8. The van der Waals surface area contributed by atoms with Crippen LogP contribution in [0.2, 0.25) is 0 Å². The summed E-state index contributed by atoms with van der Waals surface area (Å²) in [5.74, 6) is 0.0992. The van der Waals surface area contributed by atoms with Crippen molar-refractivity contribution in [3.8, 4) is 11.1 Å². The van der Waals surface area contributed by atoms with E-state index in [1.54, 1.807) is 22.0 Å². The molecule has 39 heavy (non-hydrogen) atoms. The van der Waals surface area contributed by atoms with Crippen molar-refractivity contribution in [3.63, 3.8) is 0 Å². The third-order valence-corrected chi connectivity index (χ3v) is 9.43. The molecule has 0 radical (unpaired) electrons. The number of halogens is 2. The molecule has 3 aromatic rings. The molecular formula is C28H30Cl2N6O3. The molecule has 6 rings (SSSR count). The number of alkyl halides is 2. The first-order valence-electron chi connectivity index (χ1n) is 13.2. The van der Waals surface area contributed by atoms with Crippen LogP contribution in [0.5, 0.6) is 0 Å². The van der Waals surface area contributed by atoms with Crippen molar-refractivity contribution in [2.75, 3.05) is 0 Å². The number of hydrogen-bond donors (Lipinski definition) is 1. The number of fused-ring (bicyclic) bond motifs is 2. The first-order valence-corrected chi connectivity index (χ1v) is 13.9. The number of carbonyl (C=O) groups is 3. The van der Waals surface area contributed by atoms with Gasteiger partial charge in [-0.05, 0) is 56.2 Å². The summed E-state index contributed by atoms with van der Waals surface area (Å²) in [6, 6.07) is 4.90. The molecule has 0 bridgehead atoms. The molecule has 0 spiro atoms. The second-order valence-corrected chi connectivity index (χ2v) is 13.1. The van der Waals surface area contributed by atoms with Gasteiger partial charge in [0.25, 0.3) is 0 Å². The Morgan fingerprint density at radius 2 is 1.82 bits per heavy atom. The zero-order valence-electron chi connectivity index (χ0n) is 22.2. The van der Waals surface area contributed by atoms with Crippen LogP contribution in [0.3, 0.4) is 0 Å². The summed E-state index contributed by atoms with van der Waals surface area (Å²) in [6.45, 7) is 7.22. The SMILES string of the molecule is CC(=O)c1nn(CC(=O)N2[C@H](C(=O)N[C@H](C)[C@H]3CC3(Cl)Cl)CC3(C)C[C@@H]23)c2ccc(-c3cnc(C)nc3)cc12. The van der Waals surface area contributed by atoms with Crippen LogP contribution in [-0.2, 0) is 16.1 Å². The molecule has 1 unspecified atom stereocenters. The maximum Gasteiger partial charge on any atom is 0.245 e. The summed E-state index contributed by atoms with van der Waals surface area (Å²) >= 11 is 12.4. The standard InChI is InChI=1S/C28H30Cl2N6O3/c1-14(20-8-28(20,29)30)33-26(39)22-9-27(4)10-23(27)36(22)24(38)13-35-21-6-5-17(18-11-31-16(3)32-12-18)7-19(21)25(34-35)15(2)37/h5-7,11-12,14,20,22-23H,8-10,13H2,1-4H3,(H,33,39)/t14-,20-,22+,23-,27?/m1/s1. The van der Waals surface area contributed by atoms with Crippen molar-refractivity contribution in [2.24, 2.45) is 11.3 Å². The van der Waals surface area contributed by atoms with Crippen molar-refractivity contribution in [3.05, 3.63) is 42.1 Å². The van der Waals surface area contributed by atoms with Crippen LogP contribution >= 0.6 is 23.2 Å². The van der Waals surface area contributed by atoms with E-state index in [-0.39, 0.29) is 47.6 Å². The van der Waals surface area contributed by atoms with E-state index in [2.05, 4.69) is 27.3 Å².